The highest BCUT2D eigenvalue weighted by molar-refractivity contribution is 5.87. The summed E-state index contributed by atoms with van der Waals surface area (Å²) >= 11 is 0. The molecule has 0 unspecified atom stereocenters. The van der Waals surface area contributed by atoms with Crippen LogP contribution in [0.2, 0.25) is 0 Å². The average molecular weight is 513 g/mol. The molecule has 0 spiro atoms. The van der Waals surface area contributed by atoms with Crippen molar-refractivity contribution >= 4 is 33.6 Å². The molecular formula is C30H32N4O4. The Bertz CT molecular complexity index is 1440. The number of carbonyl (C=O) groups is 2. The Morgan fingerprint density at radius 1 is 0.632 bits per heavy atom. The van der Waals surface area contributed by atoms with Gasteiger partial charge in [-0.25, -0.2) is 0 Å². The van der Waals surface area contributed by atoms with Crippen molar-refractivity contribution < 1.29 is 19.8 Å². The topological polar surface area (TPSA) is 113 Å². The first-order chi connectivity index (χ1) is 18.5. The smallest absolute Gasteiger partial charge is 0.223 e. The lowest BCUT2D eigenvalue weighted by Crippen LogP contribution is -2.48. The summed E-state index contributed by atoms with van der Waals surface area (Å²) in [7, 11) is 0. The van der Waals surface area contributed by atoms with Gasteiger partial charge in [-0.1, -0.05) is 36.4 Å². The average Bonchev–Trinajstić information content (AvgIpc) is 3.51. The van der Waals surface area contributed by atoms with E-state index < -0.39 is 12.2 Å². The normalized spacial score (nSPS) is 26.4. The van der Waals surface area contributed by atoms with E-state index >= 15 is 0 Å². The molecule has 2 saturated heterocycles. The number of amides is 2. The van der Waals surface area contributed by atoms with Crippen LogP contribution in [-0.2, 0) is 22.4 Å². The van der Waals surface area contributed by atoms with E-state index in [9.17, 15) is 19.8 Å². The minimum atomic E-state index is -0.454. The molecule has 8 nitrogen and oxygen atoms in total. The molecule has 4 aromatic rings. The highest BCUT2D eigenvalue weighted by atomic mass is 16.3. The molecule has 2 fully saturated rings. The van der Waals surface area contributed by atoms with Gasteiger partial charge in [0.2, 0.25) is 11.8 Å². The van der Waals surface area contributed by atoms with Crippen LogP contribution in [0.1, 0.15) is 60.3 Å². The van der Waals surface area contributed by atoms with Gasteiger partial charge in [-0.05, 0) is 48.9 Å². The second-order valence-electron chi connectivity index (χ2n) is 10.9. The summed E-state index contributed by atoms with van der Waals surface area (Å²) in [5.74, 6) is 0.333. The number of fused-ring (bicyclic) bond motifs is 10. The number of carbonyl (C=O) groups excluding carboxylic acids is 2. The SMILES string of the molecule is O=C1CC[C@H](O)[C@H]2c3[nH]c4ccccc4c3CCN12.O=C1CC[C@H](O)[C@H]2c3[nH]c4ccccc4c3CCN12. The lowest BCUT2D eigenvalue weighted by molar-refractivity contribution is -0.143. The van der Waals surface area contributed by atoms with E-state index in [0.717, 1.165) is 48.4 Å². The van der Waals surface area contributed by atoms with Gasteiger partial charge in [0.05, 0.1) is 24.3 Å². The number of para-hydroxylation sites is 2. The minimum absolute atomic E-state index is 0.166. The van der Waals surface area contributed by atoms with Crippen molar-refractivity contribution in [3.63, 3.8) is 0 Å². The van der Waals surface area contributed by atoms with Crippen molar-refractivity contribution in [3.8, 4) is 0 Å². The van der Waals surface area contributed by atoms with Crippen LogP contribution in [0.4, 0.5) is 0 Å². The van der Waals surface area contributed by atoms with Crippen LogP contribution in [0.25, 0.3) is 21.8 Å². The third kappa shape index (κ3) is 3.58. The highest BCUT2D eigenvalue weighted by Gasteiger charge is 2.42. The molecule has 0 aliphatic carbocycles. The lowest BCUT2D eigenvalue weighted by Gasteiger charge is -2.41. The molecule has 0 radical (unpaired) electrons. The standard InChI is InChI=1S/2C15H16N2O2/c2*18-12-5-6-13(19)17-8-7-10-9-3-1-2-4-11(9)16-14(10)15(12)17/h2*1-4,12,15-16,18H,5-8H2/t2*12-,15-/m00/s1. The predicted molar refractivity (Wildman–Crippen MR) is 143 cm³/mol. The zero-order valence-electron chi connectivity index (χ0n) is 21.2. The van der Waals surface area contributed by atoms with E-state index in [2.05, 4.69) is 34.2 Å². The third-order valence-electron chi connectivity index (χ3n) is 8.84. The first-order valence-electron chi connectivity index (χ1n) is 13.7. The van der Waals surface area contributed by atoms with Crippen LogP contribution >= 0.6 is 0 Å². The molecule has 8 heteroatoms. The molecule has 8 rings (SSSR count). The Hall–Kier alpha value is -3.62. The van der Waals surface area contributed by atoms with Crippen LogP contribution in [0.15, 0.2) is 48.5 Å². The summed E-state index contributed by atoms with van der Waals surface area (Å²) in [5, 5.41) is 23.0. The van der Waals surface area contributed by atoms with Crippen LogP contribution in [0.5, 0.6) is 0 Å². The maximum Gasteiger partial charge on any atom is 0.223 e. The van der Waals surface area contributed by atoms with Gasteiger partial charge in [0.15, 0.2) is 0 Å². The summed E-state index contributed by atoms with van der Waals surface area (Å²) < 4.78 is 0. The summed E-state index contributed by atoms with van der Waals surface area (Å²) in [5.41, 5.74) is 6.80. The molecule has 2 amide bonds. The molecule has 38 heavy (non-hydrogen) atoms. The largest absolute Gasteiger partial charge is 0.391 e. The van der Waals surface area contributed by atoms with E-state index in [1.165, 1.54) is 21.9 Å². The first kappa shape index (κ1) is 23.5. The number of aliphatic hydroxyl groups is 2. The quantitative estimate of drug-likeness (QED) is 0.289. The number of H-pyrrole nitrogens is 2. The fraction of sp³-hybridized carbons (Fsp3) is 0.400. The second kappa shape index (κ2) is 8.99. The van der Waals surface area contributed by atoms with Gasteiger partial charge in [0, 0.05) is 59.1 Å². The van der Waals surface area contributed by atoms with Gasteiger partial charge in [0.25, 0.3) is 0 Å². The number of aromatic nitrogens is 2. The van der Waals surface area contributed by atoms with E-state index in [1.54, 1.807) is 0 Å². The van der Waals surface area contributed by atoms with Gasteiger partial charge in [-0.2, -0.15) is 0 Å². The van der Waals surface area contributed by atoms with Gasteiger partial charge in [-0.3, -0.25) is 9.59 Å². The number of aromatic amines is 2. The molecule has 0 saturated carbocycles. The number of nitrogens with zero attached hydrogens (tertiary/aromatic N) is 2. The van der Waals surface area contributed by atoms with E-state index in [-0.39, 0.29) is 23.9 Å². The zero-order chi connectivity index (χ0) is 26.0. The van der Waals surface area contributed by atoms with Crippen LogP contribution in [0, 0.1) is 0 Å². The van der Waals surface area contributed by atoms with E-state index in [0.29, 0.717) is 25.7 Å². The summed E-state index contributed by atoms with van der Waals surface area (Å²) in [6.07, 6.45) is 2.89. The van der Waals surface area contributed by atoms with Gasteiger partial charge >= 0.3 is 0 Å². The highest BCUT2D eigenvalue weighted by Crippen LogP contribution is 2.41. The molecule has 2 aromatic carbocycles. The van der Waals surface area contributed by atoms with E-state index in [1.807, 2.05) is 34.1 Å². The number of aliphatic hydroxyl groups excluding tert-OH is 2. The predicted octanol–water partition coefficient (Wildman–Crippen LogP) is 3.50. The van der Waals surface area contributed by atoms with Crippen molar-refractivity contribution in [1.82, 2.24) is 19.8 Å². The molecule has 6 heterocycles. The Labute approximate surface area is 220 Å². The number of rotatable bonds is 0. The summed E-state index contributed by atoms with van der Waals surface area (Å²) in [4.78, 5) is 34.5. The first-order valence-corrected chi connectivity index (χ1v) is 13.7. The maximum absolute atomic E-state index is 12.0. The summed E-state index contributed by atoms with van der Waals surface area (Å²) in [6, 6.07) is 16.0. The zero-order valence-corrected chi connectivity index (χ0v) is 21.2. The van der Waals surface area contributed by atoms with Gasteiger partial charge < -0.3 is 30.0 Å². The Morgan fingerprint density at radius 2 is 1.05 bits per heavy atom. The Kier molecular flexibility index (Phi) is 5.56. The number of nitrogens with one attached hydrogen (secondary N) is 2. The molecule has 4 N–H and O–H groups in total. The number of hydrogen-bond acceptors (Lipinski definition) is 4. The van der Waals surface area contributed by atoms with Gasteiger partial charge in [0.1, 0.15) is 0 Å². The number of benzene rings is 2. The molecular weight excluding hydrogens is 480 g/mol. The number of piperidine rings is 2. The van der Waals surface area contributed by atoms with Crippen LogP contribution < -0.4 is 0 Å². The van der Waals surface area contributed by atoms with E-state index in [4.69, 9.17) is 0 Å². The van der Waals surface area contributed by atoms with Crippen LogP contribution in [-0.4, -0.2) is 67.1 Å². The Morgan fingerprint density at radius 3 is 1.50 bits per heavy atom. The summed E-state index contributed by atoms with van der Waals surface area (Å²) in [6.45, 7) is 1.44. The van der Waals surface area contributed by atoms with Crippen molar-refractivity contribution in [2.75, 3.05) is 13.1 Å². The second-order valence-corrected chi connectivity index (χ2v) is 10.9. The fourth-order valence-corrected chi connectivity index (χ4v) is 7.05. The van der Waals surface area contributed by atoms with Gasteiger partial charge in [-0.15, -0.1) is 0 Å². The molecule has 4 aliphatic rings. The van der Waals surface area contributed by atoms with Crippen molar-refractivity contribution in [3.05, 3.63) is 71.0 Å². The van der Waals surface area contributed by atoms with Crippen molar-refractivity contribution in [1.29, 1.82) is 0 Å². The van der Waals surface area contributed by atoms with Crippen LogP contribution in [0.3, 0.4) is 0 Å². The molecule has 4 aliphatic heterocycles. The monoisotopic (exact) mass is 512 g/mol. The van der Waals surface area contributed by atoms with Crippen molar-refractivity contribution in [2.24, 2.45) is 0 Å². The molecule has 196 valence electrons. The maximum atomic E-state index is 12.0. The molecule has 4 atom stereocenters. The number of hydrogen-bond donors (Lipinski definition) is 4. The molecule has 0 bridgehead atoms. The Balaban J connectivity index is 0.000000127. The third-order valence-corrected chi connectivity index (χ3v) is 8.84. The fourth-order valence-electron chi connectivity index (χ4n) is 7.05. The molecule has 2 aromatic heterocycles. The lowest BCUT2D eigenvalue weighted by atomic mass is 9.88. The van der Waals surface area contributed by atoms with Crippen molar-refractivity contribution in [2.45, 2.75) is 62.8 Å². The minimum Gasteiger partial charge on any atom is -0.391 e.